The summed E-state index contributed by atoms with van der Waals surface area (Å²) in [6.45, 7) is 7.81. The Bertz CT molecular complexity index is 602. The van der Waals surface area contributed by atoms with Gasteiger partial charge in [-0.2, -0.15) is 0 Å². The SMILES string of the molecule is CCNC(=NCCC(=O)N1CCCC(C)C1)N(C)Cc1ccc(F)cc1. The summed E-state index contributed by atoms with van der Waals surface area (Å²) < 4.78 is 13.0. The highest BCUT2D eigenvalue weighted by atomic mass is 19.1. The van der Waals surface area contributed by atoms with Crippen LogP contribution < -0.4 is 5.32 Å². The van der Waals surface area contributed by atoms with Gasteiger partial charge in [0.05, 0.1) is 6.54 Å². The quantitative estimate of drug-likeness (QED) is 0.625. The molecule has 0 saturated carbocycles. The van der Waals surface area contributed by atoms with Crippen LogP contribution in [0.15, 0.2) is 29.3 Å². The van der Waals surface area contributed by atoms with Crippen LogP contribution >= 0.6 is 0 Å². The van der Waals surface area contributed by atoms with Crippen molar-refractivity contribution < 1.29 is 9.18 Å². The summed E-state index contributed by atoms with van der Waals surface area (Å²) in [5.41, 5.74) is 1.01. The zero-order valence-electron chi connectivity index (χ0n) is 16.2. The van der Waals surface area contributed by atoms with E-state index < -0.39 is 0 Å². The summed E-state index contributed by atoms with van der Waals surface area (Å²) in [7, 11) is 1.94. The molecule has 0 bridgehead atoms. The molecule has 1 fully saturated rings. The zero-order chi connectivity index (χ0) is 18.9. The van der Waals surface area contributed by atoms with E-state index in [1.165, 1.54) is 18.6 Å². The molecule has 1 aromatic carbocycles. The Hall–Kier alpha value is -2.11. The maximum atomic E-state index is 13.0. The number of hydrogen-bond donors (Lipinski definition) is 1. The number of nitrogens with one attached hydrogen (secondary N) is 1. The minimum absolute atomic E-state index is 0.192. The summed E-state index contributed by atoms with van der Waals surface area (Å²) in [5.74, 6) is 1.31. The van der Waals surface area contributed by atoms with E-state index in [2.05, 4.69) is 17.2 Å². The van der Waals surface area contributed by atoms with Crippen LogP contribution in [0, 0.1) is 11.7 Å². The van der Waals surface area contributed by atoms with Crippen LogP contribution in [0.1, 0.15) is 38.7 Å². The summed E-state index contributed by atoms with van der Waals surface area (Å²) in [5, 5.41) is 3.25. The molecular formula is C20H31FN4O. The highest BCUT2D eigenvalue weighted by Gasteiger charge is 2.20. The minimum atomic E-state index is -0.234. The number of aliphatic imine (C=N–C) groups is 1. The summed E-state index contributed by atoms with van der Waals surface area (Å²) in [6.07, 6.45) is 2.74. The Labute approximate surface area is 156 Å². The predicted octanol–water partition coefficient (Wildman–Crippen LogP) is 2.87. The van der Waals surface area contributed by atoms with Crippen molar-refractivity contribution >= 4 is 11.9 Å². The number of benzene rings is 1. The average Bonchev–Trinajstić information content (AvgIpc) is 2.62. The number of guanidine groups is 1. The third-order valence-corrected chi connectivity index (χ3v) is 4.63. The molecule has 1 aromatic rings. The Morgan fingerprint density at radius 1 is 1.38 bits per heavy atom. The van der Waals surface area contributed by atoms with Crippen molar-refractivity contribution in [3.63, 3.8) is 0 Å². The van der Waals surface area contributed by atoms with Crippen LogP contribution in [-0.4, -0.2) is 54.9 Å². The van der Waals surface area contributed by atoms with E-state index in [9.17, 15) is 9.18 Å². The summed E-state index contributed by atoms with van der Waals surface area (Å²) in [4.78, 5) is 20.9. The van der Waals surface area contributed by atoms with Gasteiger partial charge in [-0.05, 0) is 43.4 Å². The minimum Gasteiger partial charge on any atom is -0.357 e. The number of nitrogens with zero attached hydrogens (tertiary/aromatic N) is 3. The van der Waals surface area contributed by atoms with E-state index in [1.807, 2.05) is 23.8 Å². The molecule has 0 radical (unpaired) electrons. The lowest BCUT2D eigenvalue weighted by Gasteiger charge is -2.31. The normalized spacial score (nSPS) is 17.9. The first-order valence-electron chi connectivity index (χ1n) is 9.51. The molecule has 1 unspecified atom stereocenters. The van der Waals surface area contributed by atoms with Crippen LogP contribution in [-0.2, 0) is 11.3 Å². The zero-order valence-corrected chi connectivity index (χ0v) is 16.2. The predicted molar refractivity (Wildman–Crippen MR) is 103 cm³/mol. The van der Waals surface area contributed by atoms with Gasteiger partial charge < -0.3 is 15.1 Å². The van der Waals surface area contributed by atoms with Gasteiger partial charge in [-0.3, -0.25) is 9.79 Å². The van der Waals surface area contributed by atoms with Crippen molar-refractivity contribution in [2.24, 2.45) is 10.9 Å². The first-order chi connectivity index (χ1) is 12.5. The van der Waals surface area contributed by atoms with Crippen LogP contribution in [0.25, 0.3) is 0 Å². The highest BCUT2D eigenvalue weighted by Crippen LogP contribution is 2.16. The van der Waals surface area contributed by atoms with Gasteiger partial charge in [-0.15, -0.1) is 0 Å². The smallest absolute Gasteiger partial charge is 0.224 e. The van der Waals surface area contributed by atoms with Crippen molar-refractivity contribution in [2.45, 2.75) is 39.7 Å². The lowest BCUT2D eigenvalue weighted by atomic mass is 10.00. The standard InChI is InChI=1S/C20H31FN4O/c1-4-22-20(24(3)15-17-7-9-18(21)10-8-17)23-12-11-19(26)25-13-5-6-16(2)14-25/h7-10,16H,4-6,11-15H2,1-3H3,(H,22,23). The molecule has 1 aliphatic heterocycles. The second-order valence-corrected chi connectivity index (χ2v) is 7.06. The summed E-state index contributed by atoms with van der Waals surface area (Å²) in [6, 6.07) is 6.48. The fourth-order valence-corrected chi connectivity index (χ4v) is 3.24. The lowest BCUT2D eigenvalue weighted by Crippen LogP contribution is -2.40. The van der Waals surface area contributed by atoms with Gasteiger partial charge in [0, 0.05) is 39.6 Å². The lowest BCUT2D eigenvalue weighted by molar-refractivity contribution is -0.132. The van der Waals surface area contributed by atoms with E-state index in [-0.39, 0.29) is 11.7 Å². The Morgan fingerprint density at radius 3 is 2.77 bits per heavy atom. The fraction of sp³-hybridized carbons (Fsp3) is 0.600. The first-order valence-corrected chi connectivity index (χ1v) is 9.51. The largest absolute Gasteiger partial charge is 0.357 e. The third kappa shape index (κ3) is 6.32. The molecule has 5 nitrogen and oxygen atoms in total. The van der Waals surface area contributed by atoms with Gasteiger partial charge in [0.25, 0.3) is 0 Å². The Morgan fingerprint density at radius 2 is 2.12 bits per heavy atom. The van der Waals surface area contributed by atoms with Gasteiger partial charge >= 0.3 is 0 Å². The number of carbonyl (C=O) groups excluding carboxylic acids is 1. The molecule has 26 heavy (non-hydrogen) atoms. The van der Waals surface area contributed by atoms with Crippen molar-refractivity contribution in [3.05, 3.63) is 35.6 Å². The van der Waals surface area contributed by atoms with Crippen LogP contribution in [0.5, 0.6) is 0 Å². The fourth-order valence-electron chi connectivity index (χ4n) is 3.24. The van der Waals surface area contributed by atoms with Crippen LogP contribution in [0.2, 0.25) is 0 Å². The monoisotopic (exact) mass is 362 g/mol. The molecule has 0 spiro atoms. The number of likely N-dealkylation sites (tertiary alicyclic amines) is 1. The van der Waals surface area contributed by atoms with Crippen molar-refractivity contribution in [3.8, 4) is 0 Å². The molecule has 1 aliphatic rings. The number of amides is 1. The number of piperidine rings is 1. The van der Waals surface area contributed by atoms with E-state index in [1.54, 1.807) is 12.1 Å². The molecule has 1 N–H and O–H groups in total. The summed E-state index contributed by atoms with van der Waals surface area (Å²) >= 11 is 0. The van der Waals surface area contributed by atoms with Crippen molar-refractivity contribution in [1.29, 1.82) is 0 Å². The Kier molecular flexibility index (Phi) is 7.88. The van der Waals surface area contributed by atoms with Gasteiger partial charge in [0.1, 0.15) is 5.82 Å². The molecule has 1 amide bonds. The molecule has 144 valence electrons. The number of halogens is 1. The molecule has 2 rings (SSSR count). The molecule has 0 aliphatic carbocycles. The highest BCUT2D eigenvalue weighted by molar-refractivity contribution is 5.80. The number of rotatable bonds is 6. The third-order valence-electron chi connectivity index (χ3n) is 4.63. The molecule has 1 saturated heterocycles. The van der Waals surface area contributed by atoms with Gasteiger partial charge in [-0.1, -0.05) is 19.1 Å². The van der Waals surface area contributed by atoms with Gasteiger partial charge in [0.2, 0.25) is 5.91 Å². The molecule has 0 aromatic heterocycles. The van der Waals surface area contributed by atoms with Gasteiger partial charge in [-0.25, -0.2) is 4.39 Å². The van der Waals surface area contributed by atoms with Crippen molar-refractivity contribution in [2.75, 3.05) is 33.2 Å². The number of hydrogen-bond acceptors (Lipinski definition) is 2. The second kappa shape index (κ2) is 10.1. The van der Waals surface area contributed by atoms with E-state index >= 15 is 0 Å². The van der Waals surface area contributed by atoms with E-state index in [0.29, 0.717) is 25.4 Å². The van der Waals surface area contributed by atoms with Crippen LogP contribution in [0.4, 0.5) is 4.39 Å². The number of carbonyl (C=O) groups is 1. The van der Waals surface area contributed by atoms with E-state index in [0.717, 1.165) is 37.6 Å². The average molecular weight is 362 g/mol. The van der Waals surface area contributed by atoms with Crippen LogP contribution in [0.3, 0.4) is 0 Å². The first kappa shape index (κ1) is 20.2. The van der Waals surface area contributed by atoms with E-state index in [4.69, 9.17) is 0 Å². The maximum Gasteiger partial charge on any atom is 0.224 e. The molecule has 6 heteroatoms. The molecular weight excluding hydrogens is 331 g/mol. The van der Waals surface area contributed by atoms with Crippen molar-refractivity contribution in [1.82, 2.24) is 15.1 Å². The maximum absolute atomic E-state index is 13.0. The van der Waals surface area contributed by atoms with Gasteiger partial charge in [0.15, 0.2) is 5.96 Å². The molecule has 1 atom stereocenters. The second-order valence-electron chi connectivity index (χ2n) is 7.06. The topological polar surface area (TPSA) is 47.9 Å². The molecule has 1 heterocycles. The Balaban J connectivity index is 1.88.